The van der Waals surface area contributed by atoms with Gasteiger partial charge in [0.25, 0.3) is 0 Å². The molecule has 8 aromatic rings. The van der Waals surface area contributed by atoms with Crippen molar-refractivity contribution >= 4 is 70.1 Å². The first-order chi connectivity index (χ1) is 19.8. The predicted molar refractivity (Wildman–Crippen MR) is 174 cm³/mol. The third kappa shape index (κ3) is 3.85. The molecular formula is C38H25NS. The molecule has 0 atom stereocenters. The number of hydrogen-bond donors (Lipinski definition) is 0. The van der Waals surface area contributed by atoms with Crippen LogP contribution in [0.1, 0.15) is 0 Å². The van der Waals surface area contributed by atoms with E-state index in [1.165, 1.54) is 52.8 Å². The maximum atomic E-state index is 2.39. The van der Waals surface area contributed by atoms with Gasteiger partial charge in [-0.1, -0.05) is 109 Å². The summed E-state index contributed by atoms with van der Waals surface area (Å²) in [5.74, 6) is 0. The van der Waals surface area contributed by atoms with E-state index in [-0.39, 0.29) is 0 Å². The Labute approximate surface area is 237 Å². The first-order valence-corrected chi connectivity index (χ1v) is 14.4. The first kappa shape index (κ1) is 23.0. The summed E-state index contributed by atoms with van der Waals surface area (Å²) in [6, 6.07) is 55.0. The number of fused-ring (bicyclic) bond motifs is 6. The summed E-state index contributed by atoms with van der Waals surface area (Å²) in [4.78, 5) is 2.39. The minimum atomic E-state index is 1.14. The summed E-state index contributed by atoms with van der Waals surface area (Å²) < 4.78 is 2.68. The van der Waals surface area contributed by atoms with E-state index < -0.39 is 0 Å². The fraction of sp³-hybridized carbons (Fsp3) is 0. The van der Waals surface area contributed by atoms with E-state index in [4.69, 9.17) is 0 Å². The van der Waals surface area contributed by atoms with E-state index in [0.717, 1.165) is 17.1 Å². The van der Waals surface area contributed by atoms with Gasteiger partial charge >= 0.3 is 0 Å². The number of nitrogens with zero attached hydrogens (tertiary/aromatic N) is 1. The Bertz CT molecular complexity index is 2170. The van der Waals surface area contributed by atoms with Gasteiger partial charge in [-0.25, -0.2) is 0 Å². The third-order valence-electron chi connectivity index (χ3n) is 7.81. The standard InChI is InChI=1S/C38H25NS/c1-2-9-26(10-3-1)30-13-8-14-31(23-30)39(32-20-17-27-11-4-5-12-29(27)24-32)33-21-18-28-19-22-35-34-15-6-7-16-37(34)40-38(35)36(28)25-33/h1-25H. The molecule has 0 saturated heterocycles. The van der Waals surface area contributed by atoms with Crippen LogP contribution in [0.5, 0.6) is 0 Å². The topological polar surface area (TPSA) is 3.24 Å². The van der Waals surface area contributed by atoms with Crippen LogP contribution in [0.15, 0.2) is 152 Å². The molecule has 1 nitrogen and oxygen atoms in total. The number of anilines is 3. The van der Waals surface area contributed by atoms with Gasteiger partial charge in [-0.2, -0.15) is 0 Å². The van der Waals surface area contributed by atoms with Gasteiger partial charge in [0.1, 0.15) is 0 Å². The average Bonchev–Trinajstić information content (AvgIpc) is 3.41. The van der Waals surface area contributed by atoms with E-state index in [1.54, 1.807) is 0 Å². The molecule has 0 saturated carbocycles. The van der Waals surface area contributed by atoms with Crippen molar-refractivity contribution in [3.8, 4) is 11.1 Å². The Balaban J connectivity index is 1.37. The van der Waals surface area contributed by atoms with Crippen LogP contribution >= 0.6 is 11.3 Å². The Morgan fingerprint density at radius 3 is 1.95 bits per heavy atom. The lowest BCUT2D eigenvalue weighted by Gasteiger charge is -2.27. The van der Waals surface area contributed by atoms with Gasteiger partial charge in [0, 0.05) is 42.6 Å². The summed E-state index contributed by atoms with van der Waals surface area (Å²) in [6.07, 6.45) is 0. The van der Waals surface area contributed by atoms with E-state index in [1.807, 2.05) is 11.3 Å². The molecule has 0 aliphatic carbocycles. The highest BCUT2D eigenvalue weighted by molar-refractivity contribution is 7.26. The van der Waals surface area contributed by atoms with Gasteiger partial charge in [0.2, 0.25) is 0 Å². The Hall–Kier alpha value is -4.92. The highest BCUT2D eigenvalue weighted by Crippen LogP contribution is 2.42. The summed E-state index contributed by atoms with van der Waals surface area (Å²) >= 11 is 1.89. The number of hydrogen-bond acceptors (Lipinski definition) is 2. The lowest BCUT2D eigenvalue weighted by Crippen LogP contribution is -2.10. The molecule has 0 radical (unpaired) electrons. The number of benzene rings is 7. The molecule has 0 unspecified atom stereocenters. The molecule has 7 aromatic carbocycles. The fourth-order valence-electron chi connectivity index (χ4n) is 5.85. The van der Waals surface area contributed by atoms with Crippen molar-refractivity contribution in [2.24, 2.45) is 0 Å². The van der Waals surface area contributed by atoms with E-state index in [0.29, 0.717) is 0 Å². The van der Waals surface area contributed by atoms with Crippen LogP contribution < -0.4 is 4.90 Å². The summed E-state index contributed by atoms with van der Waals surface area (Å²) in [5.41, 5.74) is 5.86. The van der Waals surface area contributed by atoms with Crippen LogP contribution in [-0.4, -0.2) is 0 Å². The van der Waals surface area contributed by atoms with E-state index in [2.05, 4.69) is 157 Å². The Morgan fingerprint density at radius 1 is 0.375 bits per heavy atom. The molecule has 188 valence electrons. The van der Waals surface area contributed by atoms with Crippen LogP contribution in [0.4, 0.5) is 17.1 Å². The molecule has 0 spiro atoms. The third-order valence-corrected chi connectivity index (χ3v) is 9.03. The predicted octanol–water partition coefficient (Wildman–Crippen LogP) is 11.5. The van der Waals surface area contributed by atoms with Crippen LogP contribution in [-0.2, 0) is 0 Å². The molecule has 1 heterocycles. The molecule has 0 fully saturated rings. The van der Waals surface area contributed by atoms with Crippen LogP contribution in [0.3, 0.4) is 0 Å². The summed E-state index contributed by atoms with van der Waals surface area (Å²) in [5, 5.41) is 7.69. The smallest absolute Gasteiger partial charge is 0.0468 e. The highest BCUT2D eigenvalue weighted by atomic mass is 32.1. The maximum absolute atomic E-state index is 2.39. The van der Waals surface area contributed by atoms with Gasteiger partial charge in [0.15, 0.2) is 0 Å². The molecule has 0 bridgehead atoms. The molecule has 2 heteroatoms. The molecule has 1 aromatic heterocycles. The molecular weight excluding hydrogens is 502 g/mol. The molecule has 0 aliphatic heterocycles. The Morgan fingerprint density at radius 2 is 1.05 bits per heavy atom. The molecule has 8 rings (SSSR count). The largest absolute Gasteiger partial charge is 0.310 e. The van der Waals surface area contributed by atoms with Crippen molar-refractivity contribution in [2.75, 3.05) is 4.90 Å². The van der Waals surface area contributed by atoms with Crippen molar-refractivity contribution in [2.45, 2.75) is 0 Å². The van der Waals surface area contributed by atoms with Gasteiger partial charge in [-0.3, -0.25) is 0 Å². The van der Waals surface area contributed by atoms with Crippen LogP contribution in [0.2, 0.25) is 0 Å². The molecule has 40 heavy (non-hydrogen) atoms. The van der Waals surface area contributed by atoms with Crippen molar-refractivity contribution in [3.05, 3.63) is 152 Å². The highest BCUT2D eigenvalue weighted by Gasteiger charge is 2.16. The lowest BCUT2D eigenvalue weighted by molar-refractivity contribution is 1.29. The van der Waals surface area contributed by atoms with Crippen LogP contribution in [0.25, 0.3) is 52.8 Å². The monoisotopic (exact) mass is 527 g/mol. The average molecular weight is 528 g/mol. The number of rotatable bonds is 4. The fourth-order valence-corrected chi connectivity index (χ4v) is 7.08. The zero-order valence-corrected chi connectivity index (χ0v) is 22.6. The second-order valence-corrected chi connectivity index (χ2v) is 11.3. The SMILES string of the molecule is c1ccc(-c2cccc(N(c3ccc4ccccc4c3)c3ccc4ccc5c6ccccc6sc5c4c3)c2)cc1. The van der Waals surface area contributed by atoms with Crippen molar-refractivity contribution in [3.63, 3.8) is 0 Å². The molecule has 0 N–H and O–H groups in total. The van der Waals surface area contributed by atoms with E-state index in [9.17, 15) is 0 Å². The number of thiophene rings is 1. The molecule has 0 amide bonds. The molecule has 0 aliphatic rings. The first-order valence-electron chi connectivity index (χ1n) is 13.6. The van der Waals surface area contributed by atoms with Gasteiger partial charge < -0.3 is 4.90 Å². The van der Waals surface area contributed by atoms with Crippen molar-refractivity contribution in [1.29, 1.82) is 0 Å². The minimum absolute atomic E-state index is 1.14. The zero-order chi connectivity index (χ0) is 26.5. The van der Waals surface area contributed by atoms with Gasteiger partial charge in [-0.05, 0) is 69.8 Å². The van der Waals surface area contributed by atoms with E-state index >= 15 is 0 Å². The summed E-state index contributed by atoms with van der Waals surface area (Å²) in [6.45, 7) is 0. The summed E-state index contributed by atoms with van der Waals surface area (Å²) in [7, 11) is 0. The van der Waals surface area contributed by atoms with Gasteiger partial charge in [-0.15, -0.1) is 11.3 Å². The second kappa shape index (κ2) is 9.37. The zero-order valence-electron chi connectivity index (χ0n) is 21.8. The Kier molecular flexibility index (Phi) is 5.39. The second-order valence-electron chi connectivity index (χ2n) is 10.2. The van der Waals surface area contributed by atoms with Crippen molar-refractivity contribution < 1.29 is 0 Å². The van der Waals surface area contributed by atoms with Crippen LogP contribution in [0, 0.1) is 0 Å². The lowest BCUT2D eigenvalue weighted by atomic mass is 10.0. The normalized spacial score (nSPS) is 11.5. The quantitative estimate of drug-likeness (QED) is 0.220. The van der Waals surface area contributed by atoms with Gasteiger partial charge in [0.05, 0.1) is 0 Å². The minimum Gasteiger partial charge on any atom is -0.310 e. The van der Waals surface area contributed by atoms with Crippen molar-refractivity contribution in [1.82, 2.24) is 0 Å². The maximum Gasteiger partial charge on any atom is 0.0468 e.